The Morgan fingerprint density at radius 1 is 0.625 bits per heavy atom. The minimum absolute atomic E-state index is 0. The summed E-state index contributed by atoms with van der Waals surface area (Å²) in [6.07, 6.45) is 11.1. The van der Waals surface area contributed by atoms with Crippen molar-refractivity contribution in [2.24, 2.45) is 0 Å². The Hall–Kier alpha value is -3.63. The summed E-state index contributed by atoms with van der Waals surface area (Å²) in [5, 5.41) is 0. The Morgan fingerprint density at radius 3 is 1.50 bits per heavy atom. The first-order valence-electron chi connectivity index (χ1n) is 10.4. The second kappa shape index (κ2) is 9.67. The van der Waals surface area contributed by atoms with Gasteiger partial charge in [0.2, 0.25) is 0 Å². The van der Waals surface area contributed by atoms with Gasteiger partial charge in [-0.25, -0.2) is 9.97 Å². The fourth-order valence-corrected chi connectivity index (χ4v) is 3.53. The third-order valence-electron chi connectivity index (χ3n) is 5.09. The minimum atomic E-state index is 0. The zero-order valence-electron chi connectivity index (χ0n) is 17.6. The molecule has 0 saturated carbocycles. The van der Waals surface area contributed by atoms with Crippen LogP contribution in [0.5, 0.6) is 0 Å². The molecular formula is C26H23N5Ni. The molecule has 0 amide bonds. The van der Waals surface area contributed by atoms with E-state index in [1.165, 1.54) is 5.69 Å². The zero-order chi connectivity index (χ0) is 21.0. The average Bonchev–Trinajstić information content (AvgIpc) is 3.57. The monoisotopic (exact) mass is 463 g/mol. The van der Waals surface area contributed by atoms with Gasteiger partial charge in [0.15, 0.2) is 0 Å². The van der Waals surface area contributed by atoms with Crippen molar-refractivity contribution in [3.63, 3.8) is 0 Å². The van der Waals surface area contributed by atoms with Gasteiger partial charge in [0, 0.05) is 50.4 Å². The zero-order valence-corrected chi connectivity index (χ0v) is 18.6. The number of nitrogens with zero attached hydrogens (tertiary/aromatic N) is 2. The molecule has 2 aliphatic heterocycles. The van der Waals surface area contributed by atoms with Gasteiger partial charge < -0.3 is 15.0 Å². The molecule has 162 valence electrons. The molecule has 4 aromatic heterocycles. The van der Waals surface area contributed by atoms with Crippen LogP contribution in [-0.4, -0.2) is 24.9 Å². The number of aromatic nitrogens is 5. The summed E-state index contributed by atoms with van der Waals surface area (Å²) in [5.41, 5.74) is 9.17. The maximum atomic E-state index is 4.62. The Labute approximate surface area is 196 Å². The fourth-order valence-electron chi connectivity index (χ4n) is 3.53. The molecule has 0 atom stereocenters. The smallest absolute Gasteiger partial charge is 0.0659 e. The van der Waals surface area contributed by atoms with Crippen LogP contribution in [0.2, 0.25) is 0 Å². The number of hydrogen-bond acceptors (Lipinski definition) is 2. The average molecular weight is 464 g/mol. The fraction of sp³-hybridized carbons (Fsp3) is 0.0769. The van der Waals surface area contributed by atoms with Gasteiger partial charge in [0.25, 0.3) is 0 Å². The van der Waals surface area contributed by atoms with E-state index < -0.39 is 0 Å². The van der Waals surface area contributed by atoms with Crippen LogP contribution in [-0.2, 0) is 22.9 Å². The Balaban J connectivity index is 0.000000265. The topological polar surface area (TPSA) is 73.2 Å². The van der Waals surface area contributed by atoms with E-state index in [1.54, 1.807) is 0 Å². The van der Waals surface area contributed by atoms with E-state index in [-0.39, 0.29) is 16.5 Å². The van der Waals surface area contributed by atoms with Crippen LogP contribution in [0.3, 0.4) is 0 Å². The first-order valence-corrected chi connectivity index (χ1v) is 10.4. The van der Waals surface area contributed by atoms with Crippen LogP contribution in [0.1, 0.15) is 35.4 Å². The van der Waals surface area contributed by atoms with E-state index >= 15 is 0 Å². The van der Waals surface area contributed by atoms with E-state index in [1.807, 2.05) is 54.8 Å². The summed E-state index contributed by atoms with van der Waals surface area (Å²) in [6, 6.07) is 20.5. The maximum absolute atomic E-state index is 4.62. The molecule has 3 N–H and O–H groups in total. The van der Waals surface area contributed by atoms with Crippen molar-refractivity contribution in [1.29, 1.82) is 0 Å². The van der Waals surface area contributed by atoms with Gasteiger partial charge >= 0.3 is 0 Å². The molecule has 6 rings (SSSR count). The second-order valence-corrected chi connectivity index (χ2v) is 7.45. The van der Waals surface area contributed by atoms with E-state index in [0.717, 1.165) is 51.3 Å². The predicted octanol–water partition coefficient (Wildman–Crippen LogP) is 6.23. The van der Waals surface area contributed by atoms with Crippen LogP contribution < -0.4 is 0 Å². The first kappa shape index (κ1) is 21.6. The third-order valence-corrected chi connectivity index (χ3v) is 5.09. The first-order chi connectivity index (χ1) is 15.2. The molecule has 6 heterocycles. The number of nitrogens with one attached hydrogen (secondary N) is 3. The van der Waals surface area contributed by atoms with E-state index in [0.29, 0.717) is 0 Å². The minimum Gasteiger partial charge on any atom is -0.365 e. The Morgan fingerprint density at radius 2 is 1.09 bits per heavy atom. The second-order valence-electron chi connectivity index (χ2n) is 7.45. The molecule has 6 heteroatoms. The van der Waals surface area contributed by atoms with E-state index in [9.17, 15) is 0 Å². The molecule has 0 spiro atoms. The molecule has 5 nitrogen and oxygen atoms in total. The van der Waals surface area contributed by atoms with Crippen molar-refractivity contribution in [1.82, 2.24) is 24.9 Å². The molecule has 2 aliphatic rings. The van der Waals surface area contributed by atoms with Gasteiger partial charge in [-0.3, -0.25) is 0 Å². The van der Waals surface area contributed by atoms with Crippen LogP contribution >= 0.6 is 0 Å². The number of H-pyrrole nitrogens is 3. The van der Waals surface area contributed by atoms with Crippen molar-refractivity contribution in [3.8, 4) is 0 Å². The molecule has 0 aromatic carbocycles. The third kappa shape index (κ3) is 5.16. The molecular weight excluding hydrogens is 441 g/mol. The number of aromatic amines is 3. The molecule has 0 saturated heterocycles. The number of rotatable bonds is 1. The molecule has 32 heavy (non-hydrogen) atoms. The summed E-state index contributed by atoms with van der Waals surface area (Å²) >= 11 is 0. The molecule has 0 radical (unpaired) electrons. The Bertz CT molecular complexity index is 1330. The summed E-state index contributed by atoms with van der Waals surface area (Å²) < 4.78 is 0. The van der Waals surface area contributed by atoms with Gasteiger partial charge in [-0.2, -0.15) is 0 Å². The van der Waals surface area contributed by atoms with Gasteiger partial charge in [0.1, 0.15) is 0 Å². The summed E-state index contributed by atoms with van der Waals surface area (Å²) in [4.78, 5) is 19.1. The van der Waals surface area contributed by atoms with E-state index in [2.05, 4.69) is 68.2 Å². The van der Waals surface area contributed by atoms with Gasteiger partial charge in [-0.15, -0.1) is 0 Å². The maximum Gasteiger partial charge on any atom is 0.0659 e. The van der Waals surface area contributed by atoms with Crippen molar-refractivity contribution in [2.75, 3.05) is 0 Å². The summed E-state index contributed by atoms with van der Waals surface area (Å²) in [7, 11) is 0. The van der Waals surface area contributed by atoms with Crippen LogP contribution in [0.25, 0.3) is 46.4 Å². The quantitative estimate of drug-likeness (QED) is 0.253. The van der Waals surface area contributed by atoms with E-state index in [4.69, 9.17) is 0 Å². The van der Waals surface area contributed by atoms with Gasteiger partial charge in [0.05, 0.1) is 22.8 Å². The molecule has 0 aliphatic carbocycles. The van der Waals surface area contributed by atoms with Crippen molar-refractivity contribution in [3.05, 3.63) is 95.3 Å². The van der Waals surface area contributed by atoms with Gasteiger partial charge in [-0.05, 0) is 91.4 Å². The Kier molecular flexibility index (Phi) is 6.53. The van der Waals surface area contributed by atoms with Crippen molar-refractivity contribution < 1.29 is 16.5 Å². The van der Waals surface area contributed by atoms with Crippen molar-refractivity contribution in [2.45, 2.75) is 13.3 Å². The SMILES string of the molecule is C1=Cc2cc3ccc(cc4ccc(cc5nc(cc1n2)C=C5)[nH]4)[nH]3.CCc1ccc[nH]1.[Ni]. The normalized spacial score (nSPS) is 11.5. The molecule has 8 bridgehead atoms. The molecule has 4 aromatic rings. The van der Waals surface area contributed by atoms with Crippen LogP contribution in [0, 0.1) is 0 Å². The van der Waals surface area contributed by atoms with Crippen LogP contribution in [0.4, 0.5) is 0 Å². The summed E-state index contributed by atoms with van der Waals surface area (Å²) in [5.74, 6) is 0. The summed E-state index contributed by atoms with van der Waals surface area (Å²) in [6.45, 7) is 2.13. The molecule has 0 unspecified atom stereocenters. The number of aryl methyl sites for hydroxylation is 1. The predicted molar refractivity (Wildman–Crippen MR) is 129 cm³/mol. The number of fused-ring (bicyclic) bond motifs is 8. The molecule has 0 fully saturated rings. The largest absolute Gasteiger partial charge is 0.365 e. The van der Waals surface area contributed by atoms with Gasteiger partial charge in [-0.1, -0.05) is 6.92 Å². The van der Waals surface area contributed by atoms with Crippen molar-refractivity contribution >= 4 is 46.4 Å². The standard InChI is InChI=1S/C20H14N4.C6H9N.Ni/c1-2-14-10-16-5-6-18(23-16)12-20-8-7-19(24-20)11-17-4-3-15(22-17)9-13(1)21-14;1-2-6-4-3-5-7-6;/h1-12,21-22H;3-5,7H,2H2,1H3;. The van der Waals surface area contributed by atoms with Crippen LogP contribution in [0.15, 0.2) is 66.9 Å². The number of hydrogen-bond donors (Lipinski definition) is 3.